The summed E-state index contributed by atoms with van der Waals surface area (Å²) < 4.78 is 0. The van der Waals surface area contributed by atoms with Crippen molar-refractivity contribution in [3.8, 4) is 0 Å². The normalized spacial score (nSPS) is 15.4. The third-order valence-corrected chi connectivity index (χ3v) is 3.84. The van der Waals surface area contributed by atoms with Crippen LogP contribution >= 0.6 is 0 Å². The SMILES string of the molecule is O=C(CNC1CCCC1)N(CCO)Cc1ccccc1. The lowest BCUT2D eigenvalue weighted by Gasteiger charge is -2.23. The minimum absolute atomic E-state index is 0.00199. The molecule has 2 N–H and O–H groups in total. The van der Waals surface area contributed by atoms with Crippen LogP contribution in [-0.4, -0.2) is 41.7 Å². The van der Waals surface area contributed by atoms with Gasteiger partial charge in [-0.25, -0.2) is 0 Å². The first kappa shape index (κ1) is 15.0. The van der Waals surface area contributed by atoms with E-state index in [1.54, 1.807) is 4.90 Å². The second-order valence-electron chi connectivity index (χ2n) is 5.39. The summed E-state index contributed by atoms with van der Waals surface area (Å²) >= 11 is 0. The van der Waals surface area contributed by atoms with E-state index in [-0.39, 0.29) is 12.5 Å². The highest BCUT2D eigenvalue weighted by Gasteiger charge is 2.18. The number of rotatable bonds is 7. The molecule has 4 heteroatoms. The molecule has 1 aliphatic carbocycles. The lowest BCUT2D eigenvalue weighted by atomic mass is 10.2. The number of nitrogens with one attached hydrogen (secondary N) is 1. The van der Waals surface area contributed by atoms with Crippen molar-refractivity contribution < 1.29 is 9.90 Å². The van der Waals surface area contributed by atoms with E-state index in [2.05, 4.69) is 5.32 Å². The van der Waals surface area contributed by atoms with Crippen LogP contribution < -0.4 is 5.32 Å². The molecule has 1 saturated carbocycles. The maximum absolute atomic E-state index is 12.2. The molecule has 1 fully saturated rings. The van der Waals surface area contributed by atoms with Crippen LogP contribution in [0, 0.1) is 0 Å². The molecule has 0 unspecified atom stereocenters. The molecule has 0 heterocycles. The highest BCUT2D eigenvalue weighted by molar-refractivity contribution is 5.78. The molecule has 0 bridgehead atoms. The van der Waals surface area contributed by atoms with Gasteiger partial charge in [0.1, 0.15) is 0 Å². The Morgan fingerprint density at radius 3 is 2.60 bits per heavy atom. The quantitative estimate of drug-likeness (QED) is 0.794. The Morgan fingerprint density at radius 1 is 1.25 bits per heavy atom. The van der Waals surface area contributed by atoms with Crippen molar-refractivity contribution in [2.24, 2.45) is 0 Å². The van der Waals surface area contributed by atoms with Crippen LogP contribution in [0.5, 0.6) is 0 Å². The molecule has 0 spiro atoms. The van der Waals surface area contributed by atoms with E-state index in [1.807, 2.05) is 30.3 Å². The van der Waals surface area contributed by atoms with Crippen molar-refractivity contribution in [2.75, 3.05) is 19.7 Å². The predicted molar refractivity (Wildman–Crippen MR) is 79.2 cm³/mol. The Hall–Kier alpha value is -1.39. The summed E-state index contributed by atoms with van der Waals surface area (Å²) in [7, 11) is 0. The third kappa shape index (κ3) is 4.62. The van der Waals surface area contributed by atoms with Crippen LogP contribution in [0.1, 0.15) is 31.2 Å². The minimum atomic E-state index is 0.00199. The van der Waals surface area contributed by atoms with E-state index in [9.17, 15) is 4.79 Å². The lowest BCUT2D eigenvalue weighted by molar-refractivity contribution is -0.131. The maximum Gasteiger partial charge on any atom is 0.236 e. The Kier molecular flexibility index (Phi) is 6.02. The zero-order valence-corrected chi connectivity index (χ0v) is 11.9. The molecule has 2 rings (SSSR count). The molecule has 1 aliphatic rings. The predicted octanol–water partition coefficient (Wildman–Crippen LogP) is 1.54. The molecule has 20 heavy (non-hydrogen) atoms. The fourth-order valence-electron chi connectivity index (χ4n) is 2.69. The smallest absolute Gasteiger partial charge is 0.236 e. The molecule has 1 aromatic rings. The highest BCUT2D eigenvalue weighted by Crippen LogP contribution is 2.17. The molecule has 4 nitrogen and oxygen atoms in total. The van der Waals surface area contributed by atoms with Crippen molar-refractivity contribution in [3.63, 3.8) is 0 Å². The number of benzene rings is 1. The van der Waals surface area contributed by atoms with Crippen molar-refractivity contribution in [3.05, 3.63) is 35.9 Å². The molecular formula is C16H24N2O2. The molecule has 0 aromatic heterocycles. The summed E-state index contributed by atoms with van der Waals surface area (Å²) in [6.07, 6.45) is 4.87. The Balaban J connectivity index is 1.84. The molecular weight excluding hydrogens is 252 g/mol. The molecule has 0 saturated heterocycles. The maximum atomic E-state index is 12.2. The van der Waals surface area contributed by atoms with Gasteiger partial charge in [-0.2, -0.15) is 0 Å². The summed E-state index contributed by atoms with van der Waals surface area (Å²) in [5, 5.41) is 12.5. The summed E-state index contributed by atoms with van der Waals surface area (Å²) in [5.41, 5.74) is 1.09. The van der Waals surface area contributed by atoms with Crippen LogP contribution in [0.25, 0.3) is 0 Å². The van der Waals surface area contributed by atoms with Gasteiger partial charge in [-0.15, -0.1) is 0 Å². The van der Waals surface area contributed by atoms with Gasteiger partial charge >= 0.3 is 0 Å². The van der Waals surface area contributed by atoms with Crippen LogP contribution in [0.4, 0.5) is 0 Å². The highest BCUT2D eigenvalue weighted by atomic mass is 16.3. The lowest BCUT2D eigenvalue weighted by Crippen LogP contribution is -2.41. The number of carbonyl (C=O) groups excluding carboxylic acids is 1. The molecule has 1 aromatic carbocycles. The average Bonchev–Trinajstić information content (AvgIpc) is 2.99. The standard InChI is InChI=1S/C16H24N2O2/c19-11-10-18(13-14-6-2-1-3-7-14)16(20)12-17-15-8-4-5-9-15/h1-3,6-7,15,17,19H,4-5,8-13H2. The van der Waals surface area contributed by atoms with Gasteiger partial charge in [-0.3, -0.25) is 4.79 Å². The zero-order chi connectivity index (χ0) is 14.2. The first-order valence-electron chi connectivity index (χ1n) is 7.45. The van der Waals surface area contributed by atoms with Crippen LogP contribution in [0.3, 0.4) is 0 Å². The van der Waals surface area contributed by atoms with Crippen molar-refractivity contribution in [1.82, 2.24) is 10.2 Å². The first-order valence-corrected chi connectivity index (χ1v) is 7.45. The summed E-state index contributed by atoms with van der Waals surface area (Å²) in [6, 6.07) is 10.4. The van der Waals surface area contributed by atoms with Gasteiger partial charge in [-0.05, 0) is 18.4 Å². The largest absolute Gasteiger partial charge is 0.395 e. The van der Waals surface area contributed by atoms with Crippen molar-refractivity contribution in [1.29, 1.82) is 0 Å². The molecule has 0 radical (unpaired) electrons. The van der Waals surface area contributed by atoms with E-state index in [0.29, 0.717) is 25.7 Å². The second kappa shape index (κ2) is 8.02. The van der Waals surface area contributed by atoms with Crippen LogP contribution in [0.15, 0.2) is 30.3 Å². The number of aliphatic hydroxyl groups is 1. The Morgan fingerprint density at radius 2 is 1.95 bits per heavy atom. The van der Waals surface area contributed by atoms with Crippen LogP contribution in [0.2, 0.25) is 0 Å². The number of hydrogen-bond acceptors (Lipinski definition) is 3. The molecule has 1 amide bonds. The van der Waals surface area contributed by atoms with Crippen molar-refractivity contribution in [2.45, 2.75) is 38.3 Å². The molecule has 0 aliphatic heterocycles. The molecule has 0 atom stereocenters. The monoisotopic (exact) mass is 276 g/mol. The van der Waals surface area contributed by atoms with Crippen LogP contribution in [-0.2, 0) is 11.3 Å². The minimum Gasteiger partial charge on any atom is -0.395 e. The number of aliphatic hydroxyl groups excluding tert-OH is 1. The van der Waals surface area contributed by atoms with E-state index in [0.717, 1.165) is 5.56 Å². The van der Waals surface area contributed by atoms with Gasteiger partial charge in [0.15, 0.2) is 0 Å². The number of hydrogen-bond donors (Lipinski definition) is 2. The molecule has 110 valence electrons. The van der Waals surface area contributed by atoms with Gasteiger partial charge in [-0.1, -0.05) is 43.2 Å². The van der Waals surface area contributed by atoms with E-state index in [1.165, 1.54) is 25.7 Å². The van der Waals surface area contributed by atoms with Crippen molar-refractivity contribution >= 4 is 5.91 Å². The van der Waals surface area contributed by atoms with Gasteiger partial charge in [0.05, 0.1) is 13.2 Å². The summed E-state index contributed by atoms with van der Waals surface area (Å²) in [5.74, 6) is 0.0646. The summed E-state index contributed by atoms with van der Waals surface area (Å²) in [4.78, 5) is 14.0. The fraction of sp³-hybridized carbons (Fsp3) is 0.562. The number of nitrogens with zero attached hydrogens (tertiary/aromatic N) is 1. The van der Waals surface area contributed by atoms with E-state index in [4.69, 9.17) is 5.11 Å². The second-order valence-corrected chi connectivity index (χ2v) is 5.39. The number of amides is 1. The topological polar surface area (TPSA) is 52.6 Å². The third-order valence-electron chi connectivity index (χ3n) is 3.84. The first-order chi connectivity index (χ1) is 9.79. The van der Waals surface area contributed by atoms with Gasteiger partial charge in [0, 0.05) is 19.1 Å². The van der Waals surface area contributed by atoms with E-state index >= 15 is 0 Å². The fourth-order valence-corrected chi connectivity index (χ4v) is 2.69. The Bertz CT molecular complexity index is 402. The zero-order valence-electron chi connectivity index (χ0n) is 11.9. The Labute approximate surface area is 120 Å². The average molecular weight is 276 g/mol. The number of carbonyl (C=O) groups is 1. The van der Waals surface area contributed by atoms with E-state index < -0.39 is 0 Å². The summed E-state index contributed by atoms with van der Waals surface area (Å²) in [6.45, 7) is 1.33. The van der Waals surface area contributed by atoms with Gasteiger partial charge < -0.3 is 15.3 Å². The van der Waals surface area contributed by atoms with Gasteiger partial charge in [0.2, 0.25) is 5.91 Å². The van der Waals surface area contributed by atoms with Gasteiger partial charge in [0.25, 0.3) is 0 Å².